The van der Waals surface area contributed by atoms with Crippen LogP contribution in [0.3, 0.4) is 0 Å². The summed E-state index contributed by atoms with van der Waals surface area (Å²) < 4.78 is 18.2. The van der Waals surface area contributed by atoms with Crippen LogP contribution in [0.25, 0.3) is 0 Å². The third-order valence-electron chi connectivity index (χ3n) is 4.58. The van der Waals surface area contributed by atoms with Gasteiger partial charge in [0.1, 0.15) is 5.82 Å². The molecule has 7 heteroatoms. The molecule has 0 aromatic heterocycles. The molecule has 0 spiro atoms. The summed E-state index contributed by atoms with van der Waals surface area (Å²) in [6.45, 7) is 1.27. The van der Waals surface area contributed by atoms with Gasteiger partial charge in [-0.05, 0) is 54.8 Å². The zero-order valence-corrected chi connectivity index (χ0v) is 14.8. The Morgan fingerprint density at radius 1 is 1.11 bits per heavy atom. The molecule has 4 N–H and O–H groups in total. The van der Waals surface area contributed by atoms with E-state index in [1.807, 2.05) is 6.07 Å². The van der Waals surface area contributed by atoms with Crippen molar-refractivity contribution in [3.05, 3.63) is 65.5 Å². The average Bonchev–Trinajstić information content (AvgIpc) is 2.67. The zero-order valence-electron chi connectivity index (χ0n) is 14.8. The molecule has 0 atom stereocenters. The van der Waals surface area contributed by atoms with E-state index >= 15 is 0 Å². The maximum Gasteiger partial charge on any atom is 0.255 e. The molecule has 2 aromatic rings. The van der Waals surface area contributed by atoms with Gasteiger partial charge < -0.3 is 21.1 Å². The molecular weight excluding hydrogens is 349 g/mol. The van der Waals surface area contributed by atoms with Crippen molar-refractivity contribution < 1.29 is 18.7 Å². The average molecular weight is 371 g/mol. The molecule has 0 unspecified atom stereocenters. The highest BCUT2D eigenvalue weighted by Crippen LogP contribution is 2.18. The Morgan fingerprint density at radius 2 is 1.81 bits per heavy atom. The highest BCUT2D eigenvalue weighted by atomic mass is 19.1. The quantitative estimate of drug-likeness (QED) is 0.751. The lowest BCUT2D eigenvalue weighted by Gasteiger charge is -2.31. The predicted molar refractivity (Wildman–Crippen MR) is 99.6 cm³/mol. The van der Waals surface area contributed by atoms with Gasteiger partial charge in [0.15, 0.2) is 0 Å². The summed E-state index contributed by atoms with van der Waals surface area (Å²) in [6, 6.07) is 12.5. The minimum atomic E-state index is -0.896. The van der Waals surface area contributed by atoms with Gasteiger partial charge in [-0.15, -0.1) is 0 Å². The number of hydrogen-bond donors (Lipinski definition) is 3. The first-order chi connectivity index (χ1) is 13.0. The maximum absolute atomic E-state index is 13.0. The molecule has 142 valence electrons. The van der Waals surface area contributed by atoms with Crippen molar-refractivity contribution in [1.82, 2.24) is 5.32 Å². The third-order valence-corrected chi connectivity index (χ3v) is 4.58. The molecule has 1 aliphatic rings. The lowest BCUT2D eigenvalue weighted by molar-refractivity contribution is -0.129. The van der Waals surface area contributed by atoms with E-state index in [0.29, 0.717) is 43.9 Å². The number of nitrogens with two attached hydrogens (primary N) is 1. The molecule has 1 saturated heterocycles. The smallest absolute Gasteiger partial charge is 0.255 e. The van der Waals surface area contributed by atoms with Gasteiger partial charge in [-0.25, -0.2) is 4.39 Å². The van der Waals surface area contributed by atoms with Crippen LogP contribution in [0.15, 0.2) is 48.5 Å². The van der Waals surface area contributed by atoms with E-state index in [-0.39, 0.29) is 11.8 Å². The molecule has 2 amide bonds. The third kappa shape index (κ3) is 4.90. The lowest BCUT2D eigenvalue weighted by atomic mass is 9.90. The van der Waals surface area contributed by atoms with Crippen LogP contribution in [0.2, 0.25) is 0 Å². The second kappa shape index (κ2) is 8.28. The molecule has 2 aromatic carbocycles. The van der Waals surface area contributed by atoms with Crippen molar-refractivity contribution >= 4 is 17.5 Å². The monoisotopic (exact) mass is 371 g/mol. The van der Waals surface area contributed by atoms with Gasteiger partial charge in [0.2, 0.25) is 5.91 Å². The van der Waals surface area contributed by atoms with Crippen LogP contribution < -0.4 is 16.4 Å². The first-order valence-corrected chi connectivity index (χ1v) is 8.77. The summed E-state index contributed by atoms with van der Waals surface area (Å²) in [6.07, 6.45) is 0.985. The molecule has 0 radical (unpaired) electrons. The van der Waals surface area contributed by atoms with Crippen molar-refractivity contribution in [3.8, 4) is 0 Å². The molecule has 1 aliphatic heterocycles. The number of carbonyl (C=O) groups is 2. The molecule has 27 heavy (non-hydrogen) atoms. The van der Waals surface area contributed by atoms with E-state index in [2.05, 4.69) is 10.6 Å². The van der Waals surface area contributed by atoms with Crippen LogP contribution in [0.5, 0.6) is 0 Å². The number of benzene rings is 2. The molecule has 0 saturated carbocycles. The first kappa shape index (κ1) is 19.0. The molecule has 6 nitrogen and oxygen atoms in total. The number of nitrogens with one attached hydrogen (secondary N) is 2. The molecular formula is C20H22FN3O3. The Labute approximate surface area is 156 Å². The lowest BCUT2D eigenvalue weighted by Crippen LogP contribution is -2.56. The molecule has 1 heterocycles. The van der Waals surface area contributed by atoms with Crippen LogP contribution in [-0.4, -0.2) is 30.6 Å². The van der Waals surface area contributed by atoms with E-state index in [9.17, 15) is 14.0 Å². The summed E-state index contributed by atoms with van der Waals surface area (Å²) in [4.78, 5) is 24.6. The van der Waals surface area contributed by atoms with Crippen LogP contribution >= 0.6 is 0 Å². The molecule has 0 aliphatic carbocycles. The number of halogens is 1. The van der Waals surface area contributed by atoms with Crippen LogP contribution in [0, 0.1) is 5.82 Å². The number of amides is 2. The summed E-state index contributed by atoms with van der Waals surface area (Å²) in [5.41, 5.74) is 7.04. The van der Waals surface area contributed by atoms with Crippen LogP contribution in [0.1, 0.15) is 28.8 Å². The number of carbonyl (C=O) groups excluding carboxylic acids is 2. The maximum atomic E-state index is 13.0. The van der Waals surface area contributed by atoms with E-state index in [1.54, 1.807) is 18.2 Å². The largest absolute Gasteiger partial charge is 0.381 e. The Kier molecular flexibility index (Phi) is 5.83. The second-order valence-electron chi connectivity index (χ2n) is 6.61. The van der Waals surface area contributed by atoms with Crippen molar-refractivity contribution in [1.29, 1.82) is 0 Å². The Morgan fingerprint density at radius 3 is 2.52 bits per heavy atom. The fourth-order valence-electron chi connectivity index (χ4n) is 2.88. The normalized spacial score (nSPS) is 15.8. The van der Waals surface area contributed by atoms with Gasteiger partial charge >= 0.3 is 0 Å². The van der Waals surface area contributed by atoms with Gasteiger partial charge in [-0.1, -0.05) is 12.1 Å². The second-order valence-corrected chi connectivity index (χ2v) is 6.61. The number of anilines is 1. The SMILES string of the molecule is NC1(C(=O)NCc2cccc(NC(=O)c3ccc(F)cc3)c2)CCOCC1. The van der Waals surface area contributed by atoms with Crippen molar-refractivity contribution in [2.24, 2.45) is 5.73 Å². The molecule has 0 bridgehead atoms. The fraction of sp³-hybridized carbons (Fsp3) is 0.300. The Balaban J connectivity index is 1.59. The topological polar surface area (TPSA) is 93.5 Å². The fourth-order valence-corrected chi connectivity index (χ4v) is 2.88. The van der Waals surface area contributed by atoms with Gasteiger partial charge in [0.25, 0.3) is 5.91 Å². The minimum Gasteiger partial charge on any atom is -0.381 e. The van der Waals surface area contributed by atoms with E-state index in [4.69, 9.17) is 10.5 Å². The first-order valence-electron chi connectivity index (χ1n) is 8.77. The number of rotatable bonds is 5. The Hall–Kier alpha value is -2.77. The van der Waals surface area contributed by atoms with Crippen molar-refractivity contribution in [2.45, 2.75) is 24.9 Å². The highest BCUT2D eigenvalue weighted by Gasteiger charge is 2.35. The number of hydrogen-bond acceptors (Lipinski definition) is 4. The standard InChI is InChI=1S/C20H22FN3O3/c21-16-6-4-15(5-7-16)18(25)24-17-3-1-2-14(12-17)13-23-19(26)20(22)8-10-27-11-9-20/h1-7,12H,8-11,13,22H2,(H,23,26)(H,24,25). The Bertz CT molecular complexity index is 817. The molecule has 1 fully saturated rings. The summed E-state index contributed by atoms with van der Waals surface area (Å²) in [5.74, 6) is -0.933. The van der Waals surface area contributed by atoms with E-state index in [0.717, 1.165) is 5.56 Å². The highest BCUT2D eigenvalue weighted by molar-refractivity contribution is 6.04. The van der Waals surface area contributed by atoms with Gasteiger partial charge in [0, 0.05) is 31.0 Å². The molecule has 3 rings (SSSR count). The van der Waals surface area contributed by atoms with Gasteiger partial charge in [0.05, 0.1) is 5.54 Å². The van der Waals surface area contributed by atoms with Crippen molar-refractivity contribution in [2.75, 3.05) is 18.5 Å². The van der Waals surface area contributed by atoms with Crippen LogP contribution in [0.4, 0.5) is 10.1 Å². The number of ether oxygens (including phenoxy) is 1. The van der Waals surface area contributed by atoms with Gasteiger partial charge in [-0.2, -0.15) is 0 Å². The predicted octanol–water partition coefficient (Wildman–Crippen LogP) is 2.20. The summed E-state index contributed by atoms with van der Waals surface area (Å²) in [7, 11) is 0. The van der Waals surface area contributed by atoms with Gasteiger partial charge in [-0.3, -0.25) is 9.59 Å². The van der Waals surface area contributed by atoms with Crippen molar-refractivity contribution in [3.63, 3.8) is 0 Å². The summed E-state index contributed by atoms with van der Waals surface area (Å²) in [5, 5.41) is 5.62. The van der Waals surface area contributed by atoms with Crippen LogP contribution in [-0.2, 0) is 16.1 Å². The van der Waals surface area contributed by atoms with E-state index < -0.39 is 11.4 Å². The zero-order chi connectivity index (χ0) is 19.3. The van der Waals surface area contributed by atoms with E-state index in [1.165, 1.54) is 24.3 Å². The summed E-state index contributed by atoms with van der Waals surface area (Å²) >= 11 is 0. The minimum absolute atomic E-state index is 0.202.